The van der Waals surface area contributed by atoms with Crippen LogP contribution in [0.1, 0.15) is 158 Å². The van der Waals surface area contributed by atoms with Crippen molar-refractivity contribution in [1.29, 1.82) is 0 Å². The summed E-state index contributed by atoms with van der Waals surface area (Å²) in [6.45, 7) is 30.0. The third-order valence-electron chi connectivity index (χ3n) is 8.10. The van der Waals surface area contributed by atoms with Crippen LogP contribution < -0.4 is 0 Å². The zero-order chi connectivity index (χ0) is 33.7. The van der Waals surface area contributed by atoms with Gasteiger partial charge in [-0.25, -0.2) is 9.13 Å². The molecule has 0 aliphatic heterocycles. The van der Waals surface area contributed by atoms with E-state index < -0.39 is 15.6 Å². The minimum Gasteiger partial charge on any atom is -0.324 e. The highest BCUT2D eigenvalue weighted by molar-refractivity contribution is 7.60. The highest BCUT2D eigenvalue weighted by Crippen LogP contribution is 2.53. The predicted octanol–water partition coefficient (Wildman–Crippen LogP) is 9.20. The van der Waals surface area contributed by atoms with Gasteiger partial charge in [-0.3, -0.25) is 0 Å². The molecule has 0 unspecified atom stereocenters. The number of rotatable bonds is 26. The molecule has 0 aromatic carbocycles. The van der Waals surface area contributed by atoms with Gasteiger partial charge in [0.1, 0.15) is 0 Å². The van der Waals surface area contributed by atoms with E-state index in [4.69, 9.17) is 19.6 Å². The Bertz CT molecular complexity index is 556. The van der Waals surface area contributed by atoms with E-state index in [0.29, 0.717) is 0 Å². The molecule has 0 spiro atoms. The maximum absolute atomic E-state index is 9.63. The zero-order valence-electron chi connectivity index (χ0n) is 29.8. The summed E-state index contributed by atoms with van der Waals surface area (Å²) in [4.78, 5) is 31.0. The van der Waals surface area contributed by atoms with E-state index in [0.717, 1.165) is 0 Å². The number of nitrogens with zero attached hydrogens (tertiary/aromatic N) is 2. The highest BCUT2D eigenvalue weighted by Gasteiger charge is 2.28. The van der Waals surface area contributed by atoms with Crippen LogP contribution >= 0.6 is 15.6 Å². The zero-order valence-corrected chi connectivity index (χ0v) is 31.6. The number of hydrogen-bond donors (Lipinski definition) is 4. The van der Waals surface area contributed by atoms with Crippen LogP contribution in [0.5, 0.6) is 0 Å². The Kier molecular flexibility index (Phi) is 32.7. The Hall–Kier alpha value is 0.180. The monoisotopic (exact) mass is 663 g/mol. The first-order chi connectivity index (χ1) is 20.2. The summed E-state index contributed by atoms with van der Waals surface area (Å²) >= 11 is 0. The number of unbranched alkanes of at least 4 members (excludes halogenated alkanes) is 8. The van der Waals surface area contributed by atoms with Gasteiger partial charge < -0.3 is 28.5 Å². The molecule has 0 aliphatic carbocycles. The molecule has 9 nitrogen and oxygen atoms in total. The Labute approximate surface area is 267 Å². The van der Waals surface area contributed by atoms with Crippen molar-refractivity contribution in [3.63, 3.8) is 0 Å². The first-order valence-corrected chi connectivity index (χ1v) is 20.8. The molecule has 0 fully saturated rings. The lowest BCUT2D eigenvalue weighted by atomic mass is 10.1. The van der Waals surface area contributed by atoms with Crippen molar-refractivity contribution in [3.05, 3.63) is 0 Å². The predicted molar refractivity (Wildman–Crippen MR) is 184 cm³/mol. The van der Waals surface area contributed by atoms with Gasteiger partial charge in [-0.15, -0.1) is 0 Å². The van der Waals surface area contributed by atoms with Gasteiger partial charge >= 0.3 is 15.6 Å². The number of quaternary nitrogens is 2. The van der Waals surface area contributed by atoms with E-state index in [2.05, 4.69) is 59.7 Å². The minimum atomic E-state index is -5.05. The summed E-state index contributed by atoms with van der Waals surface area (Å²) < 4.78 is 25.1. The maximum Gasteiger partial charge on any atom is 0.478 e. The topological polar surface area (TPSA) is 124 Å². The van der Waals surface area contributed by atoms with Crippen LogP contribution in [0.4, 0.5) is 0 Å². The Balaban J connectivity index is -0.000000586. The fourth-order valence-corrected chi connectivity index (χ4v) is 6.54. The van der Waals surface area contributed by atoms with E-state index in [-0.39, 0.29) is 0 Å². The molecule has 4 N–H and O–H groups in total. The van der Waals surface area contributed by atoms with E-state index in [1.807, 2.05) is 0 Å². The molecule has 0 rings (SSSR count). The molecular formula is C32H76N2O7P2+2. The number of phosphoric acid groups is 2. The van der Waals surface area contributed by atoms with Crippen LogP contribution in [0.3, 0.4) is 0 Å². The molecule has 11 heteroatoms. The van der Waals surface area contributed by atoms with Crippen LogP contribution in [-0.2, 0) is 13.4 Å². The van der Waals surface area contributed by atoms with Crippen molar-refractivity contribution >= 4 is 15.6 Å². The van der Waals surface area contributed by atoms with Gasteiger partial charge in [0.15, 0.2) is 0 Å². The molecule has 0 radical (unpaired) electrons. The molecule has 43 heavy (non-hydrogen) atoms. The van der Waals surface area contributed by atoms with Gasteiger partial charge in [0.25, 0.3) is 0 Å². The lowest BCUT2D eigenvalue weighted by Gasteiger charge is -2.39. The van der Waals surface area contributed by atoms with Crippen molar-refractivity contribution in [3.8, 4) is 0 Å². The first kappa shape index (κ1) is 47.6. The van der Waals surface area contributed by atoms with Crippen LogP contribution in [0.2, 0.25) is 0 Å². The SMILES string of the molecule is CCCC[N+](CCCC)(CCCC)CCCC.CCCC[N+](CCCC)(CCCC)CCCC.O=P(O)(O)OP(=O)(O)O. The van der Waals surface area contributed by atoms with Crippen molar-refractivity contribution in [2.24, 2.45) is 0 Å². The van der Waals surface area contributed by atoms with Crippen LogP contribution in [0, 0.1) is 0 Å². The summed E-state index contributed by atoms with van der Waals surface area (Å²) in [6.07, 6.45) is 22.1. The molecule has 0 bridgehead atoms. The molecule has 0 aromatic heterocycles. The first-order valence-electron chi connectivity index (χ1n) is 17.7. The molecule has 0 aromatic rings. The third-order valence-corrected chi connectivity index (χ3v) is 9.80. The van der Waals surface area contributed by atoms with Crippen LogP contribution in [0.25, 0.3) is 0 Å². The van der Waals surface area contributed by atoms with Crippen LogP contribution in [0.15, 0.2) is 0 Å². The molecule has 0 saturated carbocycles. The fourth-order valence-electron chi connectivity index (χ4n) is 5.43. The second kappa shape index (κ2) is 29.6. The number of hydrogen-bond acceptors (Lipinski definition) is 3. The summed E-state index contributed by atoms with van der Waals surface area (Å²) in [7, 11) is -10.1. The van der Waals surface area contributed by atoms with Crippen molar-refractivity contribution in [1.82, 2.24) is 0 Å². The van der Waals surface area contributed by atoms with Gasteiger partial charge in [-0.05, 0) is 51.4 Å². The van der Waals surface area contributed by atoms with Crippen molar-refractivity contribution < 1.29 is 42.0 Å². The van der Waals surface area contributed by atoms with E-state index >= 15 is 0 Å². The van der Waals surface area contributed by atoms with Gasteiger partial charge in [-0.2, -0.15) is 4.31 Å². The molecule has 0 amide bonds. The molecular weight excluding hydrogens is 586 g/mol. The smallest absolute Gasteiger partial charge is 0.324 e. The second-order valence-corrected chi connectivity index (χ2v) is 15.0. The summed E-state index contributed by atoms with van der Waals surface area (Å²) in [5, 5.41) is 0. The van der Waals surface area contributed by atoms with E-state index in [1.54, 1.807) is 0 Å². The maximum atomic E-state index is 9.63. The highest BCUT2D eigenvalue weighted by atomic mass is 31.3. The molecule has 0 aliphatic rings. The van der Waals surface area contributed by atoms with Crippen molar-refractivity contribution in [2.45, 2.75) is 158 Å². The third kappa shape index (κ3) is 31.9. The fraction of sp³-hybridized carbons (Fsp3) is 1.00. The Morgan fingerprint density at radius 3 is 0.581 bits per heavy atom. The largest absolute Gasteiger partial charge is 0.478 e. The average molecular weight is 663 g/mol. The quantitative estimate of drug-likeness (QED) is 0.0538. The van der Waals surface area contributed by atoms with Gasteiger partial charge in [0, 0.05) is 0 Å². The van der Waals surface area contributed by atoms with Crippen molar-refractivity contribution in [2.75, 3.05) is 52.4 Å². The lowest BCUT2D eigenvalue weighted by molar-refractivity contribution is -0.929. The minimum absolute atomic E-state index is 1.35. The Morgan fingerprint density at radius 1 is 0.372 bits per heavy atom. The molecule has 264 valence electrons. The summed E-state index contributed by atoms with van der Waals surface area (Å²) in [5.41, 5.74) is 0. The molecule has 0 heterocycles. The van der Waals surface area contributed by atoms with Gasteiger partial charge in [0.2, 0.25) is 0 Å². The standard InChI is InChI=1S/2C16H36N.H4O7P2/c2*1-5-9-13-17(14-10-6-2,15-11-7-3)16-12-8-4;1-8(2,3)7-9(4,5)6/h2*5-16H2,1-4H3;(H2,1,2,3)(H2,4,5,6)/q2*+1;. The molecule has 0 atom stereocenters. The lowest BCUT2D eigenvalue weighted by Crippen LogP contribution is -2.50. The Morgan fingerprint density at radius 2 is 0.512 bits per heavy atom. The summed E-state index contributed by atoms with van der Waals surface area (Å²) in [6, 6.07) is 0. The van der Waals surface area contributed by atoms with E-state index in [1.165, 1.54) is 164 Å². The van der Waals surface area contributed by atoms with Crippen LogP contribution in [-0.4, -0.2) is 80.9 Å². The molecule has 0 saturated heterocycles. The normalized spacial score (nSPS) is 12.4. The summed E-state index contributed by atoms with van der Waals surface area (Å²) in [5.74, 6) is 0. The van der Waals surface area contributed by atoms with Gasteiger partial charge in [-0.1, -0.05) is 107 Å². The van der Waals surface area contributed by atoms with Gasteiger partial charge in [0.05, 0.1) is 52.4 Å². The average Bonchev–Trinajstić information content (AvgIpc) is 2.94. The second-order valence-electron chi connectivity index (χ2n) is 12.4. The van der Waals surface area contributed by atoms with E-state index in [9.17, 15) is 9.13 Å².